The Morgan fingerprint density at radius 1 is 0.882 bits per heavy atom. The third kappa shape index (κ3) is 15.6. The maximum Gasteiger partial charge on any atom is 0.417 e. The van der Waals surface area contributed by atoms with Crippen molar-refractivity contribution in [3.63, 3.8) is 0 Å². The number of aryl methyl sites for hydroxylation is 2. The number of ketones is 1. The predicted molar refractivity (Wildman–Crippen MR) is 282 cm³/mol. The first kappa shape index (κ1) is 59.3. The topological polar surface area (TPSA) is 202 Å². The summed E-state index contributed by atoms with van der Waals surface area (Å²) < 4.78 is 74.6. The van der Waals surface area contributed by atoms with Crippen LogP contribution in [0.3, 0.4) is 0 Å². The number of thiazole rings is 1. The van der Waals surface area contributed by atoms with Crippen LogP contribution in [-0.4, -0.2) is 147 Å². The van der Waals surface area contributed by atoms with Crippen LogP contribution in [0.15, 0.2) is 72.2 Å². The number of aliphatic hydroxyl groups excluding tert-OH is 1. The van der Waals surface area contributed by atoms with Gasteiger partial charge in [0.25, 0.3) is 5.91 Å². The number of nitriles is 1. The van der Waals surface area contributed by atoms with Crippen LogP contribution in [-0.2, 0) is 55.5 Å². The lowest BCUT2D eigenvalue weighted by molar-refractivity contribution is -0.144. The summed E-state index contributed by atoms with van der Waals surface area (Å²) in [7, 11) is 0. The lowest BCUT2D eigenvalue weighted by atomic mass is 9.85. The molecule has 3 aromatic carbocycles. The Labute approximate surface area is 450 Å². The molecule has 0 bridgehead atoms. The zero-order valence-corrected chi connectivity index (χ0v) is 45.1. The highest BCUT2D eigenvalue weighted by Gasteiger charge is 2.51. The highest BCUT2D eigenvalue weighted by molar-refractivity contribution is 7.81. The number of Topliss-reactive ketones (excluding diaryl/α,β-unsaturated/α-hetero) is 1. The van der Waals surface area contributed by atoms with E-state index in [0.29, 0.717) is 57.5 Å². The average molecular weight is 1100 g/mol. The van der Waals surface area contributed by atoms with Crippen LogP contribution in [0.4, 0.5) is 24.5 Å². The summed E-state index contributed by atoms with van der Waals surface area (Å²) >= 11 is 7.18. The lowest BCUT2D eigenvalue weighted by Gasteiger charge is -2.35. The third-order valence-corrected chi connectivity index (χ3v) is 14.0. The van der Waals surface area contributed by atoms with Gasteiger partial charge in [-0.25, -0.2) is 4.98 Å². The van der Waals surface area contributed by atoms with Gasteiger partial charge in [0.1, 0.15) is 30.5 Å². The molecule has 2 N–H and O–H groups in total. The molecule has 6 rings (SSSR count). The smallest absolute Gasteiger partial charge is 0.417 e. The fraction of sp³-hybridized carbons (Fsp3) is 0.500. The van der Waals surface area contributed by atoms with E-state index in [4.69, 9.17) is 40.6 Å². The molecule has 4 aromatic rings. The summed E-state index contributed by atoms with van der Waals surface area (Å²) in [5, 5.41) is 22.5. The molecule has 2 fully saturated rings. The average Bonchev–Trinajstić information content (AvgIpc) is 4.12. The molecule has 1 aromatic heterocycles. The Balaban J connectivity index is 0.785. The van der Waals surface area contributed by atoms with Crippen LogP contribution in [0.1, 0.15) is 69.8 Å². The largest absolute Gasteiger partial charge is 0.491 e. The van der Waals surface area contributed by atoms with Crippen molar-refractivity contribution >= 4 is 63.5 Å². The standard InChI is InChI=1S/C54H65F3N6O11S2/c1-35-47(76-34-59-35)37-10-7-36(8-11-37)9-18-45(65)44-30-41(64)32-61(44)49(67)48(52(2,3)4)60-46(66)33-73-26-25-71-22-21-69-19-20-70-23-24-72-27-28-74-42-16-14-39(15-17-42)63-51(75)62(50(68)53(63,5)6)40-13-12-38(31-58)43(29-40)54(55,56)57/h7-8,10-17,29,34,41,44,48,64H,9,18-28,30,32-33H2,1-6H3,(H,60,66)/t41-,44+,48-/m1/s1. The number of thiocarbonyl (C=S) groups is 1. The molecule has 22 heteroatoms. The van der Waals surface area contributed by atoms with Crippen LogP contribution < -0.4 is 19.9 Å². The van der Waals surface area contributed by atoms with Gasteiger partial charge < -0.3 is 48.6 Å². The number of carbonyl (C=O) groups excluding carboxylic acids is 4. The number of hydrogen-bond acceptors (Lipinski definition) is 15. The van der Waals surface area contributed by atoms with Gasteiger partial charge in [-0.15, -0.1) is 11.3 Å². The van der Waals surface area contributed by atoms with Gasteiger partial charge in [-0.05, 0) is 98.4 Å². The maximum atomic E-state index is 13.9. The predicted octanol–water partition coefficient (Wildman–Crippen LogP) is 7.08. The van der Waals surface area contributed by atoms with Crippen LogP contribution >= 0.6 is 23.6 Å². The van der Waals surface area contributed by atoms with Gasteiger partial charge >= 0.3 is 6.18 Å². The van der Waals surface area contributed by atoms with E-state index in [2.05, 4.69) is 10.3 Å². The van der Waals surface area contributed by atoms with E-state index < -0.39 is 64.2 Å². The Morgan fingerprint density at radius 2 is 1.46 bits per heavy atom. The van der Waals surface area contributed by atoms with Crippen molar-refractivity contribution in [2.45, 2.75) is 90.7 Å². The van der Waals surface area contributed by atoms with Crippen molar-refractivity contribution in [1.82, 2.24) is 15.2 Å². The Hall–Kier alpha value is -5.90. The summed E-state index contributed by atoms with van der Waals surface area (Å²) in [4.78, 5) is 63.3. The van der Waals surface area contributed by atoms with Gasteiger partial charge in [-0.1, -0.05) is 45.0 Å². The molecule has 17 nitrogen and oxygen atoms in total. The number of rotatable bonds is 27. The van der Waals surface area contributed by atoms with Crippen LogP contribution in [0.5, 0.6) is 5.75 Å². The van der Waals surface area contributed by atoms with Crippen LogP contribution in [0.25, 0.3) is 10.4 Å². The van der Waals surface area contributed by atoms with Crippen molar-refractivity contribution in [3.05, 3.63) is 94.6 Å². The first-order chi connectivity index (χ1) is 36.1. The third-order valence-electron chi connectivity index (χ3n) is 12.6. The van der Waals surface area contributed by atoms with Crippen molar-refractivity contribution in [1.29, 1.82) is 5.26 Å². The number of hydrogen-bond donors (Lipinski definition) is 2. The molecule has 0 spiro atoms. The fourth-order valence-electron chi connectivity index (χ4n) is 8.63. The summed E-state index contributed by atoms with van der Waals surface area (Å²) in [6, 6.07) is 17.6. The SMILES string of the molecule is Cc1ncsc1-c1ccc(CCC(=O)[C@@H]2C[C@@H](O)CN2C(=O)[C@@H](NC(=O)COCCOCCOCCOCCOCCOc2ccc(N3C(=S)N(c4ccc(C#N)c(C(F)(F)F)c4)C(=O)C3(C)C)cc2)C(C)(C)C)cc1. The van der Waals surface area contributed by atoms with Gasteiger partial charge in [-0.3, -0.25) is 24.1 Å². The molecular formula is C54H65F3N6O11S2. The summed E-state index contributed by atoms with van der Waals surface area (Å²) in [6.45, 7) is 13.2. The minimum absolute atomic E-state index is 0.00199. The second-order valence-electron chi connectivity index (χ2n) is 19.7. The first-order valence-corrected chi connectivity index (χ1v) is 26.1. The molecule has 0 saturated carbocycles. The minimum atomic E-state index is -4.80. The van der Waals surface area contributed by atoms with Crippen molar-refractivity contribution < 1.29 is 65.9 Å². The van der Waals surface area contributed by atoms with Gasteiger partial charge in [-0.2, -0.15) is 18.4 Å². The van der Waals surface area contributed by atoms with E-state index in [1.165, 1.54) is 11.0 Å². The van der Waals surface area contributed by atoms with Crippen molar-refractivity contribution in [3.8, 4) is 22.3 Å². The summed E-state index contributed by atoms with van der Waals surface area (Å²) in [5.41, 5.74) is 1.61. The Kier molecular flexibility index (Phi) is 21.0. The van der Waals surface area contributed by atoms with Gasteiger partial charge in [0.05, 0.1) is 111 Å². The monoisotopic (exact) mass is 1090 g/mol. The molecule has 2 aliphatic heterocycles. The van der Waals surface area contributed by atoms with E-state index in [-0.39, 0.29) is 69.0 Å². The van der Waals surface area contributed by atoms with Gasteiger partial charge in [0.15, 0.2) is 10.9 Å². The second kappa shape index (κ2) is 26.9. The number of benzene rings is 3. The number of β-amino-alcohol motifs (C(OH)–C–C–N with tert-alkyl or cyclic N) is 1. The van der Waals surface area contributed by atoms with E-state index >= 15 is 0 Å². The molecular weight excluding hydrogens is 1030 g/mol. The van der Waals surface area contributed by atoms with Gasteiger partial charge in [0.2, 0.25) is 11.8 Å². The zero-order chi connectivity index (χ0) is 55.2. The number of alkyl halides is 3. The number of amides is 3. The maximum absolute atomic E-state index is 13.9. The van der Waals surface area contributed by atoms with E-state index in [9.17, 15) is 42.7 Å². The molecule has 0 radical (unpaired) electrons. The zero-order valence-electron chi connectivity index (χ0n) is 43.5. The highest BCUT2D eigenvalue weighted by atomic mass is 32.1. The molecule has 76 heavy (non-hydrogen) atoms. The number of ether oxygens (including phenoxy) is 6. The van der Waals surface area contributed by atoms with Crippen LogP contribution in [0.2, 0.25) is 0 Å². The second-order valence-corrected chi connectivity index (χ2v) is 20.9. The molecule has 0 aliphatic carbocycles. The lowest BCUT2D eigenvalue weighted by Crippen LogP contribution is -2.57. The quantitative estimate of drug-likeness (QED) is 0.0453. The van der Waals surface area contributed by atoms with E-state index in [0.717, 1.165) is 38.7 Å². The number of likely N-dealkylation sites (tertiary alicyclic amines) is 1. The number of nitrogens with zero attached hydrogens (tertiary/aromatic N) is 5. The van der Waals surface area contributed by atoms with Crippen molar-refractivity contribution in [2.75, 3.05) is 89.0 Å². The minimum Gasteiger partial charge on any atom is -0.491 e. The number of aromatic nitrogens is 1. The van der Waals surface area contributed by atoms with Crippen molar-refractivity contribution in [2.24, 2.45) is 5.41 Å². The molecule has 2 saturated heterocycles. The highest BCUT2D eigenvalue weighted by Crippen LogP contribution is 2.40. The molecule has 2 aliphatic rings. The number of carbonyl (C=O) groups is 4. The summed E-state index contributed by atoms with van der Waals surface area (Å²) in [6.07, 6.45) is -4.83. The Bertz CT molecular complexity index is 2670. The van der Waals surface area contributed by atoms with E-state index in [1.54, 1.807) is 60.4 Å². The fourth-order valence-corrected chi connectivity index (χ4v) is 9.96. The number of nitrogens with one attached hydrogen (secondary N) is 1. The normalized spacial score (nSPS) is 17.0. The first-order valence-electron chi connectivity index (χ1n) is 24.8. The summed E-state index contributed by atoms with van der Waals surface area (Å²) in [5.74, 6) is -1.07. The molecule has 410 valence electrons. The van der Waals surface area contributed by atoms with Crippen LogP contribution in [0, 0.1) is 23.7 Å². The molecule has 0 unspecified atom stereocenters. The Morgan fingerprint density at radius 3 is 2.01 bits per heavy atom. The molecule has 3 heterocycles. The van der Waals surface area contributed by atoms with Gasteiger partial charge in [0, 0.05) is 25.1 Å². The number of anilines is 2. The molecule has 3 amide bonds. The van der Waals surface area contributed by atoms with E-state index in [1.807, 2.05) is 57.5 Å². The number of aliphatic hydroxyl groups is 1. The molecule has 3 atom stereocenters. The number of halogens is 3.